The Hall–Kier alpha value is -2.04. The van der Waals surface area contributed by atoms with E-state index in [0.717, 1.165) is 17.7 Å². The number of urea groups is 1. The maximum absolute atomic E-state index is 11.4. The molecule has 0 heterocycles. The Morgan fingerprint density at radius 3 is 2.33 bits per heavy atom. The summed E-state index contributed by atoms with van der Waals surface area (Å²) in [6.07, 6.45) is 0.906. The molecule has 0 aliphatic rings. The highest BCUT2D eigenvalue weighted by molar-refractivity contribution is 5.89. The lowest BCUT2D eigenvalue weighted by molar-refractivity contribution is -0.119. The Bertz CT molecular complexity index is 401. The zero-order valence-corrected chi connectivity index (χ0v) is 10.7. The van der Waals surface area contributed by atoms with Gasteiger partial charge in [0.1, 0.15) is 0 Å². The van der Waals surface area contributed by atoms with Crippen LogP contribution in [-0.4, -0.2) is 18.5 Å². The smallest absolute Gasteiger partial charge is 0.319 e. The average molecular weight is 249 g/mol. The number of carbonyl (C=O) groups is 2. The molecular weight excluding hydrogens is 230 g/mol. The third kappa shape index (κ3) is 5.34. The highest BCUT2D eigenvalue weighted by Gasteiger charge is 2.00. The van der Waals surface area contributed by atoms with Crippen molar-refractivity contribution in [3.05, 3.63) is 29.8 Å². The van der Waals surface area contributed by atoms with Crippen molar-refractivity contribution in [1.82, 2.24) is 10.6 Å². The minimum atomic E-state index is -0.202. The van der Waals surface area contributed by atoms with E-state index in [1.54, 1.807) is 0 Å². The van der Waals surface area contributed by atoms with Crippen molar-refractivity contribution >= 4 is 17.6 Å². The van der Waals surface area contributed by atoms with Gasteiger partial charge in [0.25, 0.3) is 0 Å². The number of carbonyl (C=O) groups excluding carboxylic acids is 2. The molecule has 0 atom stereocenters. The van der Waals surface area contributed by atoms with Crippen LogP contribution in [0.15, 0.2) is 24.3 Å². The van der Waals surface area contributed by atoms with E-state index in [4.69, 9.17) is 0 Å². The number of benzene rings is 1. The van der Waals surface area contributed by atoms with E-state index >= 15 is 0 Å². The fraction of sp³-hybridized carbons (Fsp3) is 0.385. The third-order valence-corrected chi connectivity index (χ3v) is 2.29. The summed E-state index contributed by atoms with van der Waals surface area (Å²) < 4.78 is 0. The number of nitrogens with one attached hydrogen (secondary N) is 3. The molecule has 0 aliphatic carbocycles. The van der Waals surface area contributed by atoms with Crippen LogP contribution in [0.2, 0.25) is 0 Å². The SMILES string of the molecule is CCCNC(=O)Nc1ccc(CNC(C)=O)cc1. The van der Waals surface area contributed by atoms with Crippen LogP contribution < -0.4 is 16.0 Å². The van der Waals surface area contributed by atoms with Gasteiger partial charge in [-0.05, 0) is 24.1 Å². The first-order chi connectivity index (χ1) is 8.61. The molecule has 0 aliphatic heterocycles. The van der Waals surface area contributed by atoms with Gasteiger partial charge in [-0.2, -0.15) is 0 Å². The Morgan fingerprint density at radius 2 is 1.78 bits per heavy atom. The van der Waals surface area contributed by atoms with Crippen LogP contribution in [0.1, 0.15) is 25.8 Å². The molecule has 3 N–H and O–H groups in total. The largest absolute Gasteiger partial charge is 0.352 e. The molecule has 5 nitrogen and oxygen atoms in total. The number of amides is 3. The van der Waals surface area contributed by atoms with Gasteiger partial charge >= 0.3 is 6.03 Å². The van der Waals surface area contributed by atoms with Gasteiger partial charge in [-0.3, -0.25) is 4.79 Å². The Morgan fingerprint density at radius 1 is 1.11 bits per heavy atom. The van der Waals surface area contributed by atoms with E-state index in [1.165, 1.54) is 6.92 Å². The van der Waals surface area contributed by atoms with Crippen molar-refractivity contribution in [2.45, 2.75) is 26.8 Å². The van der Waals surface area contributed by atoms with Crippen LogP contribution in [0, 0.1) is 0 Å². The molecule has 0 saturated carbocycles. The summed E-state index contributed by atoms with van der Waals surface area (Å²) in [5.41, 5.74) is 1.72. The Balaban J connectivity index is 2.44. The van der Waals surface area contributed by atoms with Crippen molar-refractivity contribution in [3.8, 4) is 0 Å². The van der Waals surface area contributed by atoms with Gasteiger partial charge in [0.15, 0.2) is 0 Å². The molecule has 0 bridgehead atoms. The van der Waals surface area contributed by atoms with E-state index in [9.17, 15) is 9.59 Å². The number of anilines is 1. The molecule has 0 unspecified atom stereocenters. The minimum absolute atomic E-state index is 0.0591. The molecule has 0 aromatic heterocycles. The highest BCUT2D eigenvalue weighted by atomic mass is 16.2. The van der Waals surface area contributed by atoms with E-state index in [2.05, 4.69) is 16.0 Å². The third-order valence-electron chi connectivity index (χ3n) is 2.29. The molecule has 0 saturated heterocycles. The second kappa shape index (κ2) is 7.32. The predicted molar refractivity (Wildman–Crippen MR) is 71.3 cm³/mol. The summed E-state index contributed by atoms with van der Waals surface area (Å²) in [6.45, 7) is 4.63. The van der Waals surface area contributed by atoms with Crippen LogP contribution in [0.25, 0.3) is 0 Å². The molecular formula is C13H19N3O2. The zero-order valence-electron chi connectivity index (χ0n) is 10.7. The van der Waals surface area contributed by atoms with E-state index < -0.39 is 0 Å². The standard InChI is InChI=1S/C13H19N3O2/c1-3-8-14-13(18)16-12-6-4-11(5-7-12)9-15-10(2)17/h4-7H,3,8-9H2,1-2H3,(H,15,17)(H2,14,16,18). The van der Waals surface area contributed by atoms with Gasteiger partial charge in [0.05, 0.1) is 0 Å². The van der Waals surface area contributed by atoms with Crippen LogP contribution in [0.5, 0.6) is 0 Å². The lowest BCUT2D eigenvalue weighted by atomic mass is 10.2. The summed E-state index contributed by atoms with van der Waals surface area (Å²) in [4.78, 5) is 22.1. The van der Waals surface area contributed by atoms with E-state index in [0.29, 0.717) is 13.1 Å². The molecule has 1 rings (SSSR count). The summed E-state index contributed by atoms with van der Waals surface area (Å²) in [6, 6.07) is 7.15. The average Bonchev–Trinajstić information content (AvgIpc) is 2.35. The number of rotatable bonds is 5. The first kappa shape index (κ1) is 14.0. The van der Waals surface area contributed by atoms with Gasteiger partial charge in [-0.25, -0.2) is 4.79 Å². The Kier molecular flexibility index (Phi) is 5.70. The maximum Gasteiger partial charge on any atom is 0.319 e. The summed E-state index contributed by atoms with van der Waals surface area (Å²) in [7, 11) is 0. The van der Waals surface area contributed by atoms with Gasteiger partial charge in [-0.1, -0.05) is 19.1 Å². The molecule has 0 spiro atoms. The molecule has 0 radical (unpaired) electrons. The van der Waals surface area contributed by atoms with Gasteiger partial charge in [-0.15, -0.1) is 0 Å². The van der Waals surface area contributed by atoms with Crippen molar-refractivity contribution in [3.63, 3.8) is 0 Å². The first-order valence-corrected chi connectivity index (χ1v) is 6.00. The van der Waals surface area contributed by atoms with Crippen LogP contribution >= 0.6 is 0 Å². The fourth-order valence-corrected chi connectivity index (χ4v) is 1.35. The van der Waals surface area contributed by atoms with Gasteiger partial charge < -0.3 is 16.0 Å². The molecule has 1 aromatic rings. The second-order valence-corrected chi connectivity index (χ2v) is 3.99. The summed E-state index contributed by atoms with van der Waals surface area (Å²) in [5, 5.41) is 8.17. The minimum Gasteiger partial charge on any atom is -0.352 e. The van der Waals surface area contributed by atoms with Crippen LogP contribution in [-0.2, 0) is 11.3 Å². The molecule has 5 heteroatoms. The lowest BCUT2D eigenvalue weighted by Gasteiger charge is -2.07. The maximum atomic E-state index is 11.4. The van der Waals surface area contributed by atoms with Crippen molar-refractivity contribution in [1.29, 1.82) is 0 Å². The topological polar surface area (TPSA) is 70.2 Å². The lowest BCUT2D eigenvalue weighted by Crippen LogP contribution is -2.29. The van der Waals surface area contributed by atoms with E-state index in [-0.39, 0.29) is 11.9 Å². The monoisotopic (exact) mass is 249 g/mol. The normalized spacial score (nSPS) is 9.67. The highest BCUT2D eigenvalue weighted by Crippen LogP contribution is 2.09. The second-order valence-electron chi connectivity index (χ2n) is 3.99. The summed E-state index contributed by atoms with van der Waals surface area (Å²) in [5.74, 6) is -0.0591. The molecule has 18 heavy (non-hydrogen) atoms. The van der Waals surface area contributed by atoms with Crippen molar-refractivity contribution in [2.75, 3.05) is 11.9 Å². The molecule has 0 fully saturated rings. The number of hydrogen-bond donors (Lipinski definition) is 3. The Labute approximate surface area is 107 Å². The van der Waals surface area contributed by atoms with Gasteiger partial charge in [0, 0.05) is 25.7 Å². The van der Waals surface area contributed by atoms with Crippen molar-refractivity contribution < 1.29 is 9.59 Å². The molecule has 1 aromatic carbocycles. The quantitative estimate of drug-likeness (QED) is 0.745. The molecule has 3 amide bonds. The van der Waals surface area contributed by atoms with Gasteiger partial charge in [0.2, 0.25) is 5.91 Å². The predicted octanol–water partition coefficient (Wildman–Crippen LogP) is 1.85. The zero-order chi connectivity index (χ0) is 13.4. The van der Waals surface area contributed by atoms with Crippen molar-refractivity contribution in [2.24, 2.45) is 0 Å². The fourth-order valence-electron chi connectivity index (χ4n) is 1.35. The number of hydrogen-bond acceptors (Lipinski definition) is 2. The van der Waals surface area contributed by atoms with Crippen LogP contribution in [0.3, 0.4) is 0 Å². The summed E-state index contributed by atoms with van der Waals surface area (Å²) >= 11 is 0. The van der Waals surface area contributed by atoms with Crippen LogP contribution in [0.4, 0.5) is 10.5 Å². The van der Waals surface area contributed by atoms with E-state index in [1.807, 2.05) is 31.2 Å². The first-order valence-electron chi connectivity index (χ1n) is 6.00. The molecule has 98 valence electrons.